The molecule has 0 unspecified atom stereocenters. The Balaban J connectivity index is 1.53. The van der Waals surface area contributed by atoms with E-state index in [1.807, 2.05) is 0 Å². The van der Waals surface area contributed by atoms with E-state index >= 15 is 0 Å². The molecule has 1 heterocycles. The smallest absolute Gasteiger partial charge is 0.291 e. The topological polar surface area (TPSA) is 89.8 Å². The average molecular weight is 412 g/mol. The highest BCUT2D eigenvalue weighted by atomic mass is 19.1. The number of amides is 2. The normalized spacial score (nSPS) is 11.4. The van der Waals surface area contributed by atoms with Crippen LogP contribution in [0.2, 0.25) is 0 Å². The van der Waals surface area contributed by atoms with Crippen molar-refractivity contribution < 1.29 is 27.9 Å². The summed E-state index contributed by atoms with van der Waals surface area (Å²) in [5.74, 6) is -0.533. The molecule has 8 heteroatoms. The number of carbonyl (C=O) groups is 2. The summed E-state index contributed by atoms with van der Waals surface area (Å²) in [6.45, 7) is 1.50. The van der Waals surface area contributed by atoms with Crippen LogP contribution in [0.3, 0.4) is 0 Å². The van der Waals surface area contributed by atoms with Gasteiger partial charge in [-0.25, -0.2) is 4.39 Å². The van der Waals surface area contributed by atoms with Crippen LogP contribution in [-0.4, -0.2) is 25.5 Å². The summed E-state index contributed by atoms with van der Waals surface area (Å²) in [6.07, 6.45) is 1.41. The first-order valence-corrected chi connectivity index (χ1v) is 9.17. The van der Waals surface area contributed by atoms with Crippen molar-refractivity contribution in [3.8, 4) is 11.5 Å². The molecule has 1 atom stereocenters. The molecule has 1 aromatic heterocycles. The molecule has 0 aliphatic rings. The van der Waals surface area contributed by atoms with Gasteiger partial charge in [0, 0.05) is 11.8 Å². The second kappa shape index (κ2) is 9.60. The zero-order valence-corrected chi connectivity index (χ0v) is 16.5. The molecule has 0 aliphatic carbocycles. The Hall–Kier alpha value is -3.81. The maximum Gasteiger partial charge on any atom is 0.291 e. The molecule has 0 aliphatic heterocycles. The minimum Gasteiger partial charge on any atom is -0.494 e. The lowest BCUT2D eigenvalue weighted by molar-refractivity contribution is -0.123. The van der Waals surface area contributed by atoms with E-state index in [0.717, 1.165) is 0 Å². The van der Waals surface area contributed by atoms with E-state index in [0.29, 0.717) is 17.0 Å². The standard InChI is InChI=1S/C22H21FN2O5/c1-14(15-8-9-19(28-2)18(23)11-15)24-21(26)13-30-17-6-3-5-16(12-17)25-22(27)20-7-4-10-29-20/h3-12,14H,13H2,1-2H3,(H,24,26)(H,25,27)/t14-/m0/s1. The largest absolute Gasteiger partial charge is 0.494 e. The average Bonchev–Trinajstić information content (AvgIpc) is 3.27. The summed E-state index contributed by atoms with van der Waals surface area (Å²) >= 11 is 0. The summed E-state index contributed by atoms with van der Waals surface area (Å²) in [4.78, 5) is 24.2. The molecule has 0 bridgehead atoms. The van der Waals surface area contributed by atoms with Crippen LogP contribution in [0.5, 0.6) is 11.5 Å². The molecule has 0 fully saturated rings. The lowest BCUT2D eigenvalue weighted by atomic mass is 10.1. The van der Waals surface area contributed by atoms with Gasteiger partial charge in [0.25, 0.3) is 11.8 Å². The van der Waals surface area contributed by atoms with Crippen LogP contribution >= 0.6 is 0 Å². The van der Waals surface area contributed by atoms with Crippen molar-refractivity contribution in [2.75, 3.05) is 19.0 Å². The van der Waals surface area contributed by atoms with Gasteiger partial charge in [0.1, 0.15) is 5.75 Å². The summed E-state index contributed by atoms with van der Waals surface area (Å²) in [5.41, 5.74) is 1.10. The number of carbonyl (C=O) groups excluding carboxylic acids is 2. The summed E-state index contributed by atoms with van der Waals surface area (Å²) in [5, 5.41) is 5.42. The molecule has 3 aromatic rings. The second-order valence-electron chi connectivity index (χ2n) is 6.43. The third-order valence-electron chi connectivity index (χ3n) is 4.26. The van der Waals surface area contributed by atoms with Gasteiger partial charge in [-0.15, -0.1) is 0 Å². The Morgan fingerprint density at radius 3 is 2.67 bits per heavy atom. The number of anilines is 1. The van der Waals surface area contributed by atoms with Gasteiger partial charge in [0.15, 0.2) is 23.9 Å². The van der Waals surface area contributed by atoms with E-state index in [1.165, 1.54) is 25.5 Å². The number of rotatable bonds is 8. The molecule has 2 aromatic carbocycles. The Kier molecular flexibility index (Phi) is 6.69. The summed E-state index contributed by atoms with van der Waals surface area (Å²) < 4.78 is 29.3. The molecule has 30 heavy (non-hydrogen) atoms. The molecule has 3 rings (SSSR count). The monoisotopic (exact) mass is 412 g/mol. The van der Waals surface area contributed by atoms with Gasteiger partial charge in [-0.05, 0) is 48.9 Å². The minimum atomic E-state index is -0.499. The molecule has 0 saturated heterocycles. The maximum absolute atomic E-state index is 13.8. The lowest BCUT2D eigenvalue weighted by Gasteiger charge is -2.16. The number of ether oxygens (including phenoxy) is 2. The number of nitrogens with one attached hydrogen (secondary N) is 2. The minimum absolute atomic E-state index is 0.139. The zero-order chi connectivity index (χ0) is 21.5. The highest BCUT2D eigenvalue weighted by Crippen LogP contribution is 2.22. The van der Waals surface area contributed by atoms with Crippen LogP contribution in [0, 0.1) is 5.82 Å². The summed E-state index contributed by atoms with van der Waals surface area (Å²) in [6, 6.07) is 13.9. The van der Waals surface area contributed by atoms with Crippen LogP contribution in [0.1, 0.15) is 29.1 Å². The van der Waals surface area contributed by atoms with Crippen LogP contribution in [0.15, 0.2) is 65.3 Å². The molecular weight excluding hydrogens is 391 g/mol. The Labute approximate surface area is 172 Å². The van der Waals surface area contributed by atoms with E-state index < -0.39 is 17.8 Å². The van der Waals surface area contributed by atoms with Crippen LogP contribution in [0.25, 0.3) is 0 Å². The number of halogens is 1. The van der Waals surface area contributed by atoms with Crippen LogP contribution in [0.4, 0.5) is 10.1 Å². The number of hydrogen-bond acceptors (Lipinski definition) is 5. The van der Waals surface area contributed by atoms with E-state index in [9.17, 15) is 14.0 Å². The quantitative estimate of drug-likeness (QED) is 0.585. The zero-order valence-electron chi connectivity index (χ0n) is 16.5. The molecule has 156 valence electrons. The van der Waals surface area contributed by atoms with Gasteiger partial charge in [-0.2, -0.15) is 0 Å². The van der Waals surface area contributed by atoms with Gasteiger partial charge >= 0.3 is 0 Å². The predicted molar refractivity (Wildman–Crippen MR) is 108 cm³/mol. The predicted octanol–water partition coefficient (Wildman–Crippen LogP) is 3.94. The first kappa shape index (κ1) is 20.9. The van der Waals surface area contributed by atoms with Crippen molar-refractivity contribution in [1.82, 2.24) is 5.32 Å². The van der Waals surface area contributed by atoms with Gasteiger partial charge < -0.3 is 24.5 Å². The SMILES string of the molecule is COc1ccc([C@H](C)NC(=O)COc2cccc(NC(=O)c3ccco3)c2)cc1F. The van der Waals surface area contributed by atoms with Crippen molar-refractivity contribution in [2.24, 2.45) is 0 Å². The number of benzene rings is 2. The Bertz CT molecular complexity index is 1020. The van der Waals surface area contributed by atoms with E-state index in [1.54, 1.807) is 49.4 Å². The highest BCUT2D eigenvalue weighted by Gasteiger charge is 2.13. The molecular formula is C22H21FN2O5. The van der Waals surface area contributed by atoms with Gasteiger partial charge in [-0.1, -0.05) is 12.1 Å². The third kappa shape index (κ3) is 5.38. The number of methoxy groups -OCH3 is 1. The van der Waals surface area contributed by atoms with Crippen molar-refractivity contribution in [2.45, 2.75) is 13.0 Å². The lowest BCUT2D eigenvalue weighted by Crippen LogP contribution is -2.31. The van der Waals surface area contributed by atoms with Gasteiger partial charge in [-0.3, -0.25) is 9.59 Å². The van der Waals surface area contributed by atoms with Gasteiger partial charge in [0.2, 0.25) is 0 Å². The van der Waals surface area contributed by atoms with Crippen molar-refractivity contribution in [1.29, 1.82) is 0 Å². The van der Waals surface area contributed by atoms with Crippen molar-refractivity contribution in [3.63, 3.8) is 0 Å². The first-order chi connectivity index (χ1) is 14.5. The van der Waals surface area contributed by atoms with Crippen LogP contribution < -0.4 is 20.1 Å². The van der Waals surface area contributed by atoms with Crippen LogP contribution in [-0.2, 0) is 4.79 Å². The molecule has 2 N–H and O–H groups in total. The Morgan fingerprint density at radius 1 is 1.13 bits per heavy atom. The van der Waals surface area contributed by atoms with Crippen molar-refractivity contribution in [3.05, 3.63) is 78.0 Å². The molecule has 7 nitrogen and oxygen atoms in total. The third-order valence-corrected chi connectivity index (χ3v) is 4.26. The van der Waals surface area contributed by atoms with E-state index in [2.05, 4.69) is 10.6 Å². The van der Waals surface area contributed by atoms with E-state index in [-0.39, 0.29) is 24.0 Å². The molecule has 0 saturated carbocycles. The summed E-state index contributed by atoms with van der Waals surface area (Å²) in [7, 11) is 1.39. The Morgan fingerprint density at radius 2 is 1.97 bits per heavy atom. The van der Waals surface area contributed by atoms with E-state index in [4.69, 9.17) is 13.9 Å². The fraction of sp³-hybridized carbons (Fsp3) is 0.182. The number of furan rings is 1. The maximum atomic E-state index is 13.8. The fourth-order valence-electron chi connectivity index (χ4n) is 2.73. The molecule has 0 radical (unpaired) electrons. The highest BCUT2D eigenvalue weighted by molar-refractivity contribution is 6.02. The van der Waals surface area contributed by atoms with Crippen molar-refractivity contribution >= 4 is 17.5 Å². The van der Waals surface area contributed by atoms with Gasteiger partial charge in [0.05, 0.1) is 19.4 Å². The second-order valence-corrected chi connectivity index (χ2v) is 6.43. The number of hydrogen-bond donors (Lipinski definition) is 2. The molecule has 0 spiro atoms. The first-order valence-electron chi connectivity index (χ1n) is 9.17. The molecule has 2 amide bonds. The fourth-order valence-corrected chi connectivity index (χ4v) is 2.73.